The van der Waals surface area contributed by atoms with Crippen LogP contribution in [0.4, 0.5) is 0 Å². The van der Waals surface area contributed by atoms with E-state index in [2.05, 4.69) is 31.2 Å². The molecule has 0 aromatic heterocycles. The summed E-state index contributed by atoms with van der Waals surface area (Å²) in [4.78, 5) is 35.2. The molecule has 0 amide bonds. The first-order valence-corrected chi connectivity index (χ1v) is 13.9. The molecule has 0 saturated heterocycles. The lowest BCUT2D eigenvalue weighted by atomic mass is 10.1. The summed E-state index contributed by atoms with van der Waals surface area (Å²) < 4.78 is 16.4. The van der Waals surface area contributed by atoms with Crippen LogP contribution >= 0.6 is 0 Å². The minimum atomic E-state index is -1.14. The van der Waals surface area contributed by atoms with Crippen molar-refractivity contribution in [2.24, 2.45) is 0 Å². The predicted octanol–water partition coefficient (Wildman–Crippen LogP) is 4.12. The average Bonchev–Trinajstić information content (AvgIpc) is 2.83. The number of quaternary nitrogens is 1. The fraction of sp³-hybridized carbons (Fsp3) is 0.759. The monoisotopic (exact) mass is 525 g/mol. The maximum absolute atomic E-state index is 12.3. The van der Waals surface area contributed by atoms with Gasteiger partial charge in [-0.05, 0) is 32.1 Å². The molecule has 0 rings (SSSR count). The van der Waals surface area contributed by atoms with Crippen molar-refractivity contribution in [3.63, 3.8) is 0 Å². The molecule has 0 spiro atoms. The second-order valence-electron chi connectivity index (χ2n) is 10.2. The molecule has 0 saturated carbocycles. The summed E-state index contributed by atoms with van der Waals surface area (Å²) in [6.45, 7) is 3.97. The highest BCUT2D eigenvalue weighted by molar-refractivity contribution is 5.70. The van der Waals surface area contributed by atoms with Crippen LogP contribution in [0.2, 0.25) is 0 Å². The molecule has 0 N–H and O–H groups in total. The Morgan fingerprint density at radius 3 is 2.11 bits per heavy atom. The van der Waals surface area contributed by atoms with E-state index in [1.54, 1.807) is 28.1 Å². The first-order chi connectivity index (χ1) is 17.6. The number of unbranched alkanes of at least 4 members (excludes halogenated alkanes) is 6. The molecule has 37 heavy (non-hydrogen) atoms. The maximum atomic E-state index is 12.3. The Bertz CT molecular complexity index is 682. The Kier molecular flexibility index (Phi) is 20.6. The second kappa shape index (κ2) is 21.9. The molecule has 214 valence electrons. The van der Waals surface area contributed by atoms with E-state index in [-0.39, 0.29) is 49.1 Å². The molecule has 0 aromatic carbocycles. The van der Waals surface area contributed by atoms with Crippen molar-refractivity contribution < 1.29 is 38.2 Å². The molecule has 0 bridgehead atoms. The van der Waals surface area contributed by atoms with Crippen molar-refractivity contribution in [2.75, 3.05) is 41.0 Å². The zero-order valence-electron chi connectivity index (χ0n) is 23.9. The number of hydrogen-bond acceptors (Lipinski definition) is 7. The third-order valence-electron chi connectivity index (χ3n) is 5.88. The molecule has 0 fully saturated rings. The second-order valence-corrected chi connectivity index (χ2v) is 10.2. The number of nitrogens with zero attached hydrogens (tertiary/aromatic N) is 1. The number of allylic oxidation sites excluding steroid dienone is 4. The lowest BCUT2D eigenvalue weighted by Gasteiger charge is -2.34. The van der Waals surface area contributed by atoms with Crippen LogP contribution < -0.4 is 5.11 Å². The first-order valence-electron chi connectivity index (χ1n) is 13.9. The number of carboxylic acids is 1. The minimum absolute atomic E-state index is 0.0293. The summed E-state index contributed by atoms with van der Waals surface area (Å²) >= 11 is 0. The van der Waals surface area contributed by atoms with E-state index in [9.17, 15) is 19.5 Å². The van der Waals surface area contributed by atoms with Gasteiger partial charge in [-0.3, -0.25) is 9.59 Å². The van der Waals surface area contributed by atoms with Crippen LogP contribution in [0, 0.1) is 0 Å². The van der Waals surface area contributed by atoms with E-state index in [4.69, 9.17) is 14.2 Å². The molecule has 0 radical (unpaired) electrons. The Labute approximate surface area is 224 Å². The lowest BCUT2D eigenvalue weighted by molar-refractivity contribution is -0.889. The average molecular weight is 526 g/mol. The van der Waals surface area contributed by atoms with E-state index in [1.165, 1.54) is 6.42 Å². The summed E-state index contributed by atoms with van der Waals surface area (Å²) in [7, 11) is 5.34. The van der Waals surface area contributed by atoms with Crippen LogP contribution in [-0.2, 0) is 28.6 Å². The number of rotatable bonds is 23. The molecule has 0 aliphatic heterocycles. The fourth-order valence-electron chi connectivity index (χ4n) is 3.62. The maximum Gasteiger partial charge on any atom is 0.306 e. The molecule has 0 heterocycles. The number of carboxylic acid groups (broad SMARTS) is 1. The van der Waals surface area contributed by atoms with Gasteiger partial charge in [0, 0.05) is 19.3 Å². The number of carbonyl (C=O) groups excluding carboxylic acids is 3. The van der Waals surface area contributed by atoms with Gasteiger partial charge in [-0.15, -0.1) is 0 Å². The summed E-state index contributed by atoms with van der Waals surface area (Å²) in [5.74, 6) is -1.87. The largest absolute Gasteiger partial charge is 0.544 e. The Hall–Kier alpha value is -2.19. The Morgan fingerprint density at radius 2 is 1.49 bits per heavy atom. The smallest absolute Gasteiger partial charge is 0.306 e. The van der Waals surface area contributed by atoms with E-state index >= 15 is 0 Å². The molecule has 8 heteroatoms. The Morgan fingerprint density at radius 1 is 0.838 bits per heavy atom. The number of hydrogen-bond donors (Lipinski definition) is 0. The molecule has 0 aromatic rings. The van der Waals surface area contributed by atoms with Gasteiger partial charge in [0.05, 0.1) is 40.3 Å². The van der Waals surface area contributed by atoms with E-state index < -0.39 is 18.1 Å². The van der Waals surface area contributed by atoms with Crippen molar-refractivity contribution in [2.45, 2.75) is 103 Å². The highest BCUT2D eigenvalue weighted by Crippen LogP contribution is 2.11. The first kappa shape index (κ1) is 34.8. The van der Waals surface area contributed by atoms with Gasteiger partial charge < -0.3 is 28.6 Å². The molecule has 0 aliphatic carbocycles. The number of likely N-dealkylation sites (N-methyl/N-ethyl adjacent to an activating group) is 1. The number of carbonyl (C=O) groups is 3. The van der Waals surface area contributed by atoms with Crippen molar-refractivity contribution in [1.82, 2.24) is 0 Å². The molecule has 0 aliphatic rings. The van der Waals surface area contributed by atoms with Gasteiger partial charge in [0.25, 0.3) is 0 Å². The summed E-state index contributed by atoms with van der Waals surface area (Å²) in [6.07, 6.45) is 18.4. The van der Waals surface area contributed by atoms with Gasteiger partial charge in [0.1, 0.15) is 12.6 Å². The molecule has 8 nitrogen and oxygen atoms in total. The summed E-state index contributed by atoms with van der Waals surface area (Å²) in [6, 6.07) is -0.720. The van der Waals surface area contributed by atoms with Crippen LogP contribution in [0.3, 0.4) is 0 Å². The van der Waals surface area contributed by atoms with Crippen LogP contribution in [0.5, 0.6) is 0 Å². The highest BCUT2D eigenvalue weighted by atomic mass is 16.6. The van der Waals surface area contributed by atoms with Crippen LogP contribution in [0.25, 0.3) is 0 Å². The van der Waals surface area contributed by atoms with Gasteiger partial charge in [-0.25, -0.2) is 0 Å². The Balaban J connectivity index is 4.23. The van der Waals surface area contributed by atoms with E-state index in [0.717, 1.165) is 51.4 Å². The van der Waals surface area contributed by atoms with E-state index in [1.807, 2.05) is 0 Å². The number of esters is 2. The topological polar surface area (TPSA) is 102 Å². The normalized spacial score (nSPS) is 13.6. The van der Waals surface area contributed by atoms with Crippen molar-refractivity contribution in [3.05, 3.63) is 24.3 Å². The summed E-state index contributed by atoms with van der Waals surface area (Å²) in [5.41, 5.74) is 0. The van der Waals surface area contributed by atoms with Gasteiger partial charge in [-0.1, -0.05) is 63.8 Å². The van der Waals surface area contributed by atoms with Crippen LogP contribution in [0.1, 0.15) is 90.9 Å². The standard InChI is InChI=1S/C29H51NO7/c1-6-8-9-10-11-12-13-14-15-16-17-18-19-20-28(32)37-25(24-36-27(31)7-2)23-35-22-21-26(29(33)34)30(3,4)5/h9-10,12-13,25-26H,6-8,11,14-24H2,1-5H3/b10-9-,13-12-. The third-order valence-corrected chi connectivity index (χ3v) is 5.88. The van der Waals surface area contributed by atoms with Crippen molar-refractivity contribution >= 4 is 17.9 Å². The van der Waals surface area contributed by atoms with Crippen molar-refractivity contribution in [3.8, 4) is 0 Å². The molecular weight excluding hydrogens is 474 g/mol. The lowest BCUT2D eigenvalue weighted by Crippen LogP contribution is -2.55. The third kappa shape index (κ3) is 20.5. The number of aliphatic carboxylic acids is 1. The quantitative estimate of drug-likeness (QED) is 0.0856. The zero-order valence-corrected chi connectivity index (χ0v) is 23.9. The van der Waals surface area contributed by atoms with Crippen molar-refractivity contribution in [1.29, 1.82) is 0 Å². The number of ether oxygens (including phenoxy) is 3. The van der Waals surface area contributed by atoms with Gasteiger partial charge in [0.2, 0.25) is 0 Å². The minimum Gasteiger partial charge on any atom is -0.544 e. The highest BCUT2D eigenvalue weighted by Gasteiger charge is 2.25. The molecule has 2 atom stereocenters. The predicted molar refractivity (Wildman–Crippen MR) is 144 cm³/mol. The zero-order chi connectivity index (χ0) is 27.9. The van der Waals surface area contributed by atoms with Gasteiger partial charge >= 0.3 is 11.9 Å². The van der Waals surface area contributed by atoms with Gasteiger partial charge in [0.15, 0.2) is 6.10 Å². The fourth-order valence-corrected chi connectivity index (χ4v) is 3.62. The van der Waals surface area contributed by atoms with Crippen LogP contribution in [0.15, 0.2) is 24.3 Å². The van der Waals surface area contributed by atoms with Crippen LogP contribution in [-0.4, -0.2) is 75.5 Å². The van der Waals surface area contributed by atoms with Gasteiger partial charge in [-0.2, -0.15) is 0 Å². The molecular formula is C29H51NO7. The molecule has 2 unspecified atom stereocenters. The SMILES string of the molecule is CCC/C=C\C/C=C\CCCCCCCC(=O)OC(COCCC(C(=O)[O-])[N+](C)(C)C)COC(=O)CC. The summed E-state index contributed by atoms with van der Waals surface area (Å²) in [5, 5.41) is 11.4. The van der Waals surface area contributed by atoms with E-state index in [0.29, 0.717) is 6.42 Å².